The molecule has 0 bridgehead atoms. The summed E-state index contributed by atoms with van der Waals surface area (Å²) in [6.07, 6.45) is 1.09. The number of carbonyl (C=O) groups is 2. The van der Waals surface area contributed by atoms with Crippen LogP contribution in [0.15, 0.2) is 72.8 Å². The Hall–Kier alpha value is -3.14. The molecule has 0 unspecified atom stereocenters. The van der Waals surface area contributed by atoms with Crippen LogP contribution in [0.3, 0.4) is 0 Å². The second kappa shape index (κ2) is 14.0. The maximum absolute atomic E-state index is 14.8. The lowest BCUT2D eigenvalue weighted by Crippen LogP contribution is -2.53. The third-order valence-corrected chi connectivity index (χ3v) is 8.00. The molecule has 2 amide bonds. The Kier molecular flexibility index (Phi) is 11.0. The van der Waals surface area contributed by atoms with Crippen LogP contribution in [-0.4, -0.2) is 50.5 Å². The molecule has 214 valence electrons. The number of rotatable bonds is 12. The van der Waals surface area contributed by atoms with Crippen molar-refractivity contribution in [3.05, 3.63) is 99.8 Å². The van der Waals surface area contributed by atoms with E-state index in [4.69, 9.17) is 23.2 Å². The van der Waals surface area contributed by atoms with E-state index in [2.05, 4.69) is 5.32 Å². The Morgan fingerprint density at radius 2 is 1.60 bits per heavy atom. The summed E-state index contributed by atoms with van der Waals surface area (Å²) in [4.78, 5) is 28.8. The normalized spacial score (nSPS) is 12.2. The Bertz CT molecular complexity index is 1440. The van der Waals surface area contributed by atoms with Gasteiger partial charge in [-0.25, -0.2) is 12.8 Å². The predicted molar refractivity (Wildman–Crippen MR) is 157 cm³/mol. The van der Waals surface area contributed by atoms with Gasteiger partial charge in [-0.3, -0.25) is 13.9 Å². The summed E-state index contributed by atoms with van der Waals surface area (Å²) in [6.45, 7) is 3.35. The maximum atomic E-state index is 14.8. The molecule has 0 spiro atoms. The van der Waals surface area contributed by atoms with Crippen LogP contribution in [-0.2, 0) is 32.6 Å². The van der Waals surface area contributed by atoms with E-state index < -0.39 is 40.2 Å². The van der Waals surface area contributed by atoms with Crippen molar-refractivity contribution in [2.75, 3.05) is 23.7 Å². The lowest BCUT2D eigenvalue weighted by Gasteiger charge is -2.33. The molecule has 3 rings (SSSR count). The summed E-state index contributed by atoms with van der Waals surface area (Å²) >= 11 is 12.1. The monoisotopic (exact) mass is 607 g/mol. The number of carbonyl (C=O) groups excluding carboxylic acids is 2. The number of halogens is 3. The molecule has 0 aromatic heterocycles. The Morgan fingerprint density at radius 1 is 0.950 bits per heavy atom. The van der Waals surface area contributed by atoms with E-state index in [1.807, 2.05) is 44.2 Å². The summed E-state index contributed by atoms with van der Waals surface area (Å²) in [7, 11) is -3.97. The zero-order chi connectivity index (χ0) is 29.4. The number of hydrogen-bond donors (Lipinski definition) is 1. The van der Waals surface area contributed by atoms with Gasteiger partial charge in [0.25, 0.3) is 0 Å². The lowest BCUT2D eigenvalue weighted by atomic mass is 10.0. The average molecular weight is 609 g/mol. The first kappa shape index (κ1) is 31.4. The highest BCUT2D eigenvalue weighted by molar-refractivity contribution is 7.92. The standard InChI is InChI=1S/C29H32Cl2FN3O4S/c1-20(2)17-33-29(37)27(15-21-9-5-4-6-10-21)34(18-22-11-7-8-12-26(22)32)28(36)19-35(40(3,38)39)23-13-14-24(30)25(31)16-23/h4-14,16,20,27H,15,17-19H2,1-3H3,(H,33,37)/t27-/m1/s1. The molecule has 11 heteroatoms. The molecular formula is C29H32Cl2FN3O4S. The fourth-order valence-electron chi connectivity index (χ4n) is 4.04. The van der Waals surface area contributed by atoms with Gasteiger partial charge in [-0.05, 0) is 35.7 Å². The summed E-state index contributed by atoms with van der Waals surface area (Å²) in [5.41, 5.74) is 1.09. The van der Waals surface area contributed by atoms with Crippen molar-refractivity contribution in [1.82, 2.24) is 10.2 Å². The van der Waals surface area contributed by atoms with Gasteiger partial charge in [0.1, 0.15) is 18.4 Å². The highest BCUT2D eigenvalue weighted by atomic mass is 35.5. The molecule has 7 nitrogen and oxygen atoms in total. The van der Waals surface area contributed by atoms with Crippen LogP contribution in [0.1, 0.15) is 25.0 Å². The second-order valence-electron chi connectivity index (χ2n) is 9.83. The number of amides is 2. The van der Waals surface area contributed by atoms with Gasteiger partial charge in [0.2, 0.25) is 21.8 Å². The predicted octanol–water partition coefficient (Wildman–Crippen LogP) is 5.31. The summed E-state index contributed by atoms with van der Waals surface area (Å²) in [5.74, 6) is -1.53. The number of anilines is 1. The van der Waals surface area contributed by atoms with Crippen molar-refractivity contribution in [3.8, 4) is 0 Å². The second-order valence-corrected chi connectivity index (χ2v) is 12.5. The average Bonchev–Trinajstić information content (AvgIpc) is 2.90. The number of sulfonamides is 1. The molecule has 0 fully saturated rings. The van der Waals surface area contributed by atoms with E-state index in [0.717, 1.165) is 16.1 Å². The SMILES string of the molecule is CC(C)CNC(=O)[C@@H](Cc1ccccc1)N(Cc1ccccc1F)C(=O)CN(c1ccc(Cl)c(Cl)c1)S(C)(=O)=O. The first-order chi connectivity index (χ1) is 18.9. The van der Waals surface area contributed by atoms with Crippen LogP contribution in [0.4, 0.5) is 10.1 Å². The van der Waals surface area contributed by atoms with Crippen molar-refractivity contribution in [3.63, 3.8) is 0 Å². The molecule has 0 aliphatic heterocycles. The molecule has 3 aromatic carbocycles. The molecule has 1 N–H and O–H groups in total. The number of hydrogen-bond acceptors (Lipinski definition) is 4. The topological polar surface area (TPSA) is 86.8 Å². The van der Waals surface area contributed by atoms with E-state index >= 15 is 0 Å². The van der Waals surface area contributed by atoms with Crippen LogP contribution in [0.2, 0.25) is 10.0 Å². The van der Waals surface area contributed by atoms with E-state index in [-0.39, 0.29) is 40.2 Å². The third-order valence-electron chi connectivity index (χ3n) is 6.12. The Labute approximate surface area is 244 Å². The molecule has 40 heavy (non-hydrogen) atoms. The van der Waals surface area contributed by atoms with Gasteiger partial charge in [0.05, 0.1) is 22.0 Å². The van der Waals surface area contributed by atoms with Gasteiger partial charge in [0, 0.05) is 25.1 Å². The van der Waals surface area contributed by atoms with Gasteiger partial charge < -0.3 is 10.2 Å². The van der Waals surface area contributed by atoms with Crippen molar-refractivity contribution in [2.24, 2.45) is 5.92 Å². The lowest BCUT2D eigenvalue weighted by molar-refractivity contribution is -0.140. The van der Waals surface area contributed by atoms with Gasteiger partial charge >= 0.3 is 0 Å². The van der Waals surface area contributed by atoms with E-state index in [0.29, 0.717) is 6.54 Å². The summed E-state index contributed by atoms with van der Waals surface area (Å²) < 4.78 is 41.3. The molecule has 0 saturated carbocycles. The molecule has 0 heterocycles. The molecule has 0 aliphatic carbocycles. The van der Waals surface area contributed by atoms with Crippen molar-refractivity contribution in [1.29, 1.82) is 0 Å². The van der Waals surface area contributed by atoms with Gasteiger partial charge in [0.15, 0.2) is 0 Å². The Balaban J connectivity index is 2.07. The zero-order valence-electron chi connectivity index (χ0n) is 22.5. The minimum absolute atomic E-state index is 0.110. The molecule has 0 saturated heterocycles. The van der Waals surface area contributed by atoms with Crippen molar-refractivity contribution in [2.45, 2.75) is 32.9 Å². The smallest absolute Gasteiger partial charge is 0.244 e. The van der Waals surface area contributed by atoms with Gasteiger partial charge in [-0.15, -0.1) is 0 Å². The quantitative estimate of drug-likeness (QED) is 0.302. The molecule has 0 radical (unpaired) electrons. The van der Waals surface area contributed by atoms with Crippen molar-refractivity contribution >= 4 is 50.7 Å². The van der Waals surface area contributed by atoms with Crippen molar-refractivity contribution < 1.29 is 22.4 Å². The number of nitrogens with one attached hydrogen (secondary N) is 1. The molecule has 1 atom stereocenters. The highest BCUT2D eigenvalue weighted by Crippen LogP contribution is 2.29. The number of benzene rings is 3. The van der Waals surface area contributed by atoms with Crippen LogP contribution >= 0.6 is 23.2 Å². The van der Waals surface area contributed by atoms with Gasteiger partial charge in [-0.1, -0.05) is 85.6 Å². The minimum Gasteiger partial charge on any atom is -0.354 e. The number of nitrogens with zero attached hydrogens (tertiary/aromatic N) is 2. The summed E-state index contributed by atoms with van der Waals surface area (Å²) in [5, 5.41) is 3.20. The molecule has 0 aliphatic rings. The fourth-order valence-corrected chi connectivity index (χ4v) is 5.17. The molecular weight excluding hydrogens is 576 g/mol. The van der Waals surface area contributed by atoms with E-state index in [1.165, 1.54) is 41.3 Å². The first-order valence-electron chi connectivity index (χ1n) is 12.6. The first-order valence-corrected chi connectivity index (χ1v) is 15.2. The zero-order valence-corrected chi connectivity index (χ0v) is 24.8. The summed E-state index contributed by atoms with van der Waals surface area (Å²) in [6, 6.07) is 18.2. The van der Waals surface area contributed by atoms with Crippen LogP contribution in [0.5, 0.6) is 0 Å². The van der Waals surface area contributed by atoms with E-state index in [1.54, 1.807) is 6.07 Å². The molecule has 3 aromatic rings. The third kappa shape index (κ3) is 8.68. The van der Waals surface area contributed by atoms with Crippen LogP contribution in [0, 0.1) is 11.7 Å². The fraction of sp³-hybridized carbons (Fsp3) is 0.310. The highest BCUT2D eigenvalue weighted by Gasteiger charge is 2.33. The Morgan fingerprint density at radius 3 is 2.20 bits per heavy atom. The maximum Gasteiger partial charge on any atom is 0.244 e. The largest absolute Gasteiger partial charge is 0.354 e. The van der Waals surface area contributed by atoms with Crippen LogP contribution < -0.4 is 9.62 Å². The van der Waals surface area contributed by atoms with E-state index in [9.17, 15) is 22.4 Å². The van der Waals surface area contributed by atoms with Gasteiger partial charge in [-0.2, -0.15) is 0 Å². The van der Waals surface area contributed by atoms with Crippen LogP contribution in [0.25, 0.3) is 0 Å². The minimum atomic E-state index is -3.97.